The summed E-state index contributed by atoms with van der Waals surface area (Å²) in [7, 11) is 0. The van der Waals surface area contributed by atoms with E-state index in [-0.39, 0.29) is 5.91 Å². The molecule has 36 heavy (non-hydrogen) atoms. The fraction of sp³-hybridized carbons (Fsp3) is 0.250. The van der Waals surface area contributed by atoms with Gasteiger partial charge in [-0.1, -0.05) is 24.3 Å². The van der Waals surface area contributed by atoms with E-state index in [0.717, 1.165) is 42.5 Å². The maximum Gasteiger partial charge on any atom is 0.325 e. The highest BCUT2D eigenvalue weighted by molar-refractivity contribution is 6.05. The summed E-state index contributed by atoms with van der Waals surface area (Å²) in [5.41, 5.74) is 4.02. The Hall–Kier alpha value is -4.01. The van der Waals surface area contributed by atoms with Gasteiger partial charge in [-0.05, 0) is 48.4 Å². The number of amides is 1. The Morgan fingerprint density at radius 1 is 1.00 bits per heavy atom. The third-order valence-corrected chi connectivity index (χ3v) is 6.77. The van der Waals surface area contributed by atoms with Gasteiger partial charge in [-0.3, -0.25) is 19.5 Å². The van der Waals surface area contributed by atoms with Gasteiger partial charge in [0.15, 0.2) is 0 Å². The van der Waals surface area contributed by atoms with Crippen LogP contribution in [0, 0.1) is 0 Å². The molecule has 3 N–H and O–H groups in total. The lowest BCUT2D eigenvalue weighted by molar-refractivity contribution is -0.144. The smallest absolute Gasteiger partial charge is 0.325 e. The number of carbonyl (C=O) groups excluding carboxylic acids is 1. The number of H-pyrrole nitrogens is 1. The van der Waals surface area contributed by atoms with Crippen molar-refractivity contribution >= 4 is 28.5 Å². The summed E-state index contributed by atoms with van der Waals surface area (Å²) in [5, 5.41) is 13.9. The fourth-order valence-corrected chi connectivity index (χ4v) is 4.81. The molecule has 8 nitrogen and oxygen atoms in total. The molecule has 0 saturated carbocycles. The second kappa shape index (κ2) is 10.7. The van der Waals surface area contributed by atoms with Crippen LogP contribution in [0.25, 0.3) is 10.9 Å². The molecule has 2 aromatic heterocycles. The molecule has 1 atom stereocenters. The van der Waals surface area contributed by atoms with Crippen LogP contribution in [0.3, 0.4) is 0 Å². The molecule has 2 aromatic carbocycles. The highest BCUT2D eigenvalue weighted by Gasteiger charge is 2.32. The summed E-state index contributed by atoms with van der Waals surface area (Å²) in [5.74, 6) is -1.05. The quantitative estimate of drug-likeness (QED) is 0.352. The number of hydrogen-bond donors (Lipinski definition) is 3. The predicted molar refractivity (Wildman–Crippen MR) is 139 cm³/mol. The van der Waals surface area contributed by atoms with Crippen LogP contribution in [-0.2, 0) is 11.2 Å². The number of nitrogens with zero attached hydrogens (tertiary/aromatic N) is 3. The Morgan fingerprint density at radius 3 is 2.47 bits per heavy atom. The SMILES string of the molecule is O=C(Nc1ccc2c(C(C(=O)O)N3CCN(CCc4ccncc4)CC3)c[nH]c2c1)c1ccccc1. The van der Waals surface area contributed by atoms with Gasteiger partial charge in [0, 0.05) is 79.0 Å². The van der Waals surface area contributed by atoms with E-state index in [1.54, 1.807) is 18.3 Å². The second-order valence-electron chi connectivity index (χ2n) is 9.05. The van der Waals surface area contributed by atoms with E-state index in [9.17, 15) is 14.7 Å². The van der Waals surface area contributed by atoms with Crippen LogP contribution in [0.2, 0.25) is 0 Å². The lowest BCUT2D eigenvalue weighted by Gasteiger charge is -2.37. The van der Waals surface area contributed by atoms with Crippen LogP contribution in [0.4, 0.5) is 5.69 Å². The van der Waals surface area contributed by atoms with Crippen molar-refractivity contribution in [3.63, 3.8) is 0 Å². The predicted octanol–water partition coefficient (Wildman–Crippen LogP) is 3.80. The molecule has 4 aromatic rings. The average molecular weight is 484 g/mol. The summed E-state index contributed by atoms with van der Waals surface area (Å²) in [6.45, 7) is 3.97. The molecule has 1 saturated heterocycles. The number of benzene rings is 2. The first-order valence-corrected chi connectivity index (χ1v) is 12.1. The number of aromatic nitrogens is 2. The summed E-state index contributed by atoms with van der Waals surface area (Å²) >= 11 is 0. The molecule has 1 unspecified atom stereocenters. The minimum Gasteiger partial charge on any atom is -0.480 e. The number of carboxylic acid groups (broad SMARTS) is 1. The van der Waals surface area contributed by atoms with Gasteiger partial charge in [0.25, 0.3) is 5.91 Å². The van der Waals surface area contributed by atoms with Crippen molar-refractivity contribution in [2.24, 2.45) is 0 Å². The van der Waals surface area contributed by atoms with Crippen LogP contribution < -0.4 is 5.32 Å². The van der Waals surface area contributed by atoms with E-state index >= 15 is 0 Å². The van der Waals surface area contributed by atoms with Gasteiger partial charge in [0.2, 0.25) is 0 Å². The molecular formula is C28H29N5O3. The zero-order valence-corrected chi connectivity index (χ0v) is 19.9. The van der Waals surface area contributed by atoms with Crippen molar-refractivity contribution in [3.8, 4) is 0 Å². The van der Waals surface area contributed by atoms with Crippen LogP contribution >= 0.6 is 0 Å². The van der Waals surface area contributed by atoms with Gasteiger partial charge in [0.05, 0.1) is 0 Å². The molecular weight excluding hydrogens is 454 g/mol. The third-order valence-electron chi connectivity index (χ3n) is 6.77. The number of aliphatic carboxylic acids is 1. The highest BCUT2D eigenvalue weighted by Crippen LogP contribution is 2.31. The van der Waals surface area contributed by atoms with Crippen molar-refractivity contribution in [1.82, 2.24) is 19.8 Å². The topological polar surface area (TPSA) is 102 Å². The zero-order valence-electron chi connectivity index (χ0n) is 19.9. The number of carboxylic acids is 1. The molecule has 5 rings (SSSR count). The van der Waals surface area contributed by atoms with Gasteiger partial charge in [-0.25, -0.2) is 0 Å². The molecule has 1 aliphatic heterocycles. The zero-order chi connectivity index (χ0) is 24.9. The minimum absolute atomic E-state index is 0.188. The van der Waals surface area contributed by atoms with Gasteiger partial charge >= 0.3 is 5.97 Å². The van der Waals surface area contributed by atoms with Crippen molar-refractivity contribution in [3.05, 3.63) is 95.9 Å². The van der Waals surface area contributed by atoms with E-state index in [4.69, 9.17) is 0 Å². The summed E-state index contributed by atoms with van der Waals surface area (Å²) in [6.07, 6.45) is 6.36. The monoisotopic (exact) mass is 483 g/mol. The van der Waals surface area contributed by atoms with Crippen molar-refractivity contribution in [2.45, 2.75) is 12.5 Å². The summed E-state index contributed by atoms with van der Waals surface area (Å²) < 4.78 is 0. The number of hydrogen-bond acceptors (Lipinski definition) is 5. The van der Waals surface area contributed by atoms with Crippen molar-refractivity contribution in [1.29, 1.82) is 0 Å². The summed E-state index contributed by atoms with van der Waals surface area (Å²) in [6, 6.07) is 17.9. The van der Waals surface area contributed by atoms with Crippen LogP contribution in [0.15, 0.2) is 79.3 Å². The standard InChI is InChI=1S/C28H29N5O3/c34-27(21-4-2-1-3-5-21)31-22-6-7-23-24(19-30-25(23)18-22)26(28(35)36)33-16-14-32(15-17-33)13-10-20-8-11-29-12-9-20/h1-9,11-12,18-19,26,30H,10,13-17H2,(H,31,34)(H,35,36). The second-order valence-corrected chi connectivity index (χ2v) is 9.05. The molecule has 0 aliphatic carbocycles. The largest absolute Gasteiger partial charge is 0.480 e. The third kappa shape index (κ3) is 5.30. The van der Waals surface area contributed by atoms with Crippen LogP contribution in [0.1, 0.15) is 27.5 Å². The number of carbonyl (C=O) groups is 2. The van der Waals surface area contributed by atoms with Crippen LogP contribution in [-0.4, -0.2) is 69.5 Å². The Bertz CT molecular complexity index is 1330. The van der Waals surface area contributed by atoms with E-state index in [1.807, 2.05) is 65.8 Å². The molecule has 0 radical (unpaired) electrons. The van der Waals surface area contributed by atoms with Gasteiger partial charge in [-0.15, -0.1) is 0 Å². The Balaban J connectivity index is 1.26. The maximum atomic E-state index is 12.5. The molecule has 3 heterocycles. The molecule has 0 bridgehead atoms. The Morgan fingerprint density at radius 2 is 1.75 bits per heavy atom. The highest BCUT2D eigenvalue weighted by atomic mass is 16.4. The summed E-state index contributed by atoms with van der Waals surface area (Å²) in [4.78, 5) is 36.6. The number of fused-ring (bicyclic) bond motifs is 1. The van der Waals surface area contributed by atoms with Crippen molar-refractivity contribution in [2.75, 3.05) is 38.0 Å². The minimum atomic E-state index is -0.859. The number of pyridine rings is 1. The van der Waals surface area contributed by atoms with Gasteiger partial charge in [0.1, 0.15) is 6.04 Å². The number of rotatable bonds is 8. The molecule has 1 aliphatic rings. The van der Waals surface area contributed by atoms with Crippen LogP contribution in [0.5, 0.6) is 0 Å². The number of aromatic amines is 1. The first-order chi connectivity index (χ1) is 17.6. The first-order valence-electron chi connectivity index (χ1n) is 12.1. The van der Waals surface area contributed by atoms with E-state index in [1.165, 1.54) is 5.56 Å². The normalized spacial score (nSPS) is 15.6. The molecule has 184 valence electrons. The van der Waals surface area contributed by atoms with Gasteiger partial charge in [-0.2, -0.15) is 0 Å². The number of piperazine rings is 1. The average Bonchev–Trinajstić information content (AvgIpc) is 3.32. The Labute approximate surface area is 209 Å². The van der Waals surface area contributed by atoms with Crippen molar-refractivity contribution < 1.29 is 14.7 Å². The maximum absolute atomic E-state index is 12.5. The van der Waals surface area contributed by atoms with Gasteiger partial charge < -0.3 is 20.3 Å². The van der Waals surface area contributed by atoms with E-state index in [0.29, 0.717) is 24.3 Å². The molecule has 0 spiro atoms. The Kier molecular flexibility index (Phi) is 7.06. The molecule has 1 fully saturated rings. The first kappa shape index (κ1) is 23.7. The molecule has 8 heteroatoms. The van der Waals surface area contributed by atoms with E-state index in [2.05, 4.69) is 20.2 Å². The van der Waals surface area contributed by atoms with E-state index < -0.39 is 12.0 Å². The molecule has 1 amide bonds. The number of nitrogens with one attached hydrogen (secondary N) is 2. The lowest BCUT2D eigenvalue weighted by atomic mass is 10.0. The lowest BCUT2D eigenvalue weighted by Crippen LogP contribution is -2.49. The fourth-order valence-electron chi connectivity index (χ4n) is 4.81. The number of anilines is 1.